The molecule has 6 heteroatoms. The molecule has 1 rings (SSSR count). The summed E-state index contributed by atoms with van der Waals surface area (Å²) in [6, 6.07) is 3.08. The highest BCUT2D eigenvalue weighted by molar-refractivity contribution is 9.11. The van der Waals surface area contributed by atoms with Gasteiger partial charge in [0.05, 0.1) is 15.4 Å². The molecule has 0 aromatic heterocycles. The van der Waals surface area contributed by atoms with E-state index in [0.29, 0.717) is 14.5 Å². The van der Waals surface area contributed by atoms with Crippen LogP contribution in [0.5, 0.6) is 0 Å². The summed E-state index contributed by atoms with van der Waals surface area (Å²) in [5.41, 5.74) is 0.668. The van der Waals surface area contributed by atoms with E-state index in [9.17, 15) is 9.18 Å². The minimum absolute atomic E-state index is 0.0440. The second kappa shape index (κ2) is 5.86. The molecule has 0 heterocycles. The molecule has 0 aliphatic rings. The van der Waals surface area contributed by atoms with Crippen LogP contribution >= 0.6 is 44.5 Å². The largest absolute Gasteiger partial charge is 0.455 e. The SMILES string of the molecule is O=C(Cc1cc(Br)c(F)c(Br)c1)OCS. The molecule has 0 unspecified atom stereocenters. The van der Waals surface area contributed by atoms with Crippen molar-refractivity contribution < 1.29 is 13.9 Å². The van der Waals surface area contributed by atoms with Crippen LogP contribution in [-0.2, 0) is 16.0 Å². The zero-order valence-corrected chi connectivity index (χ0v) is 11.5. The van der Waals surface area contributed by atoms with E-state index in [-0.39, 0.29) is 18.2 Å². The third kappa shape index (κ3) is 3.77. The number of hydrogen-bond acceptors (Lipinski definition) is 3. The summed E-state index contributed by atoms with van der Waals surface area (Å²) in [6.07, 6.45) is 0.0953. The molecule has 82 valence electrons. The van der Waals surface area contributed by atoms with Gasteiger partial charge in [0.25, 0.3) is 0 Å². The lowest BCUT2D eigenvalue weighted by Crippen LogP contribution is -2.07. The molecule has 0 aliphatic carbocycles. The normalized spacial score (nSPS) is 10.1. The van der Waals surface area contributed by atoms with E-state index < -0.39 is 5.97 Å². The van der Waals surface area contributed by atoms with Crippen LogP contribution < -0.4 is 0 Å². The average molecular weight is 358 g/mol. The Balaban J connectivity index is 2.83. The van der Waals surface area contributed by atoms with E-state index in [0.717, 1.165) is 0 Å². The average Bonchev–Trinajstić information content (AvgIpc) is 2.14. The molecule has 0 bridgehead atoms. The van der Waals surface area contributed by atoms with Crippen molar-refractivity contribution in [2.45, 2.75) is 6.42 Å². The van der Waals surface area contributed by atoms with Crippen LogP contribution in [0.3, 0.4) is 0 Å². The van der Waals surface area contributed by atoms with Crippen molar-refractivity contribution in [1.82, 2.24) is 0 Å². The first-order chi connectivity index (χ1) is 7.04. The Morgan fingerprint density at radius 3 is 2.40 bits per heavy atom. The standard InChI is InChI=1S/C9H7Br2FO2S/c10-6-1-5(2-7(11)9(6)12)3-8(13)14-4-15/h1-2,15H,3-4H2. The molecule has 0 fully saturated rings. The highest BCUT2D eigenvalue weighted by Crippen LogP contribution is 2.25. The third-order valence-electron chi connectivity index (χ3n) is 1.62. The first kappa shape index (κ1) is 13.0. The third-order valence-corrected chi connectivity index (χ3v) is 2.90. The van der Waals surface area contributed by atoms with Crippen molar-refractivity contribution in [3.05, 3.63) is 32.5 Å². The molecule has 15 heavy (non-hydrogen) atoms. The van der Waals surface area contributed by atoms with Crippen molar-refractivity contribution in [1.29, 1.82) is 0 Å². The first-order valence-corrected chi connectivity index (χ1v) is 6.16. The van der Waals surface area contributed by atoms with Crippen molar-refractivity contribution in [3.8, 4) is 0 Å². The van der Waals surface area contributed by atoms with Crippen LogP contribution in [0.4, 0.5) is 4.39 Å². The van der Waals surface area contributed by atoms with Crippen molar-refractivity contribution >= 4 is 50.5 Å². The predicted molar refractivity (Wildman–Crippen MR) is 65.4 cm³/mol. The van der Waals surface area contributed by atoms with Crippen molar-refractivity contribution in [2.24, 2.45) is 0 Å². The number of benzene rings is 1. The van der Waals surface area contributed by atoms with Gasteiger partial charge in [0.15, 0.2) is 5.82 Å². The van der Waals surface area contributed by atoms with Crippen LogP contribution in [0.25, 0.3) is 0 Å². The van der Waals surface area contributed by atoms with Crippen molar-refractivity contribution in [2.75, 3.05) is 5.94 Å². The number of ether oxygens (including phenoxy) is 1. The summed E-state index contributed by atoms with van der Waals surface area (Å²) in [4.78, 5) is 11.1. The highest BCUT2D eigenvalue weighted by Gasteiger charge is 2.10. The van der Waals surface area contributed by atoms with Crippen LogP contribution in [-0.4, -0.2) is 11.9 Å². The molecule has 0 radical (unpaired) electrons. The monoisotopic (exact) mass is 356 g/mol. The number of halogens is 3. The highest BCUT2D eigenvalue weighted by atomic mass is 79.9. The molecule has 1 aromatic rings. The summed E-state index contributed by atoms with van der Waals surface area (Å²) < 4.78 is 18.5. The molecule has 0 N–H and O–H groups in total. The summed E-state index contributed by atoms with van der Waals surface area (Å²) in [6.45, 7) is 0. The zero-order chi connectivity index (χ0) is 11.4. The molecule has 2 nitrogen and oxygen atoms in total. The minimum Gasteiger partial charge on any atom is -0.455 e. The molecule has 1 aromatic carbocycles. The Morgan fingerprint density at radius 2 is 1.93 bits per heavy atom. The van der Waals surface area contributed by atoms with Gasteiger partial charge in [-0.3, -0.25) is 4.79 Å². The Labute approximate surface area is 109 Å². The number of hydrogen-bond donors (Lipinski definition) is 1. The number of esters is 1. The second-order valence-corrected chi connectivity index (χ2v) is 4.66. The summed E-state index contributed by atoms with van der Waals surface area (Å²) in [5, 5.41) is 0. The molecule has 0 saturated heterocycles. The maximum atomic E-state index is 13.2. The summed E-state index contributed by atoms with van der Waals surface area (Å²) >= 11 is 9.87. The minimum atomic E-state index is -0.393. The van der Waals surface area contributed by atoms with E-state index in [1.165, 1.54) is 0 Å². The van der Waals surface area contributed by atoms with E-state index in [2.05, 4.69) is 49.2 Å². The van der Waals surface area contributed by atoms with Gasteiger partial charge in [0.1, 0.15) is 5.94 Å². The molecular formula is C9H7Br2FO2S. The van der Waals surface area contributed by atoms with Gasteiger partial charge in [-0.2, -0.15) is 0 Å². The van der Waals surface area contributed by atoms with Gasteiger partial charge in [-0.05, 0) is 49.6 Å². The van der Waals surface area contributed by atoms with Crippen molar-refractivity contribution in [3.63, 3.8) is 0 Å². The fourth-order valence-corrected chi connectivity index (χ4v) is 2.43. The molecule has 0 amide bonds. The first-order valence-electron chi connectivity index (χ1n) is 3.94. The number of rotatable bonds is 3. The van der Waals surface area contributed by atoms with Gasteiger partial charge >= 0.3 is 5.97 Å². The topological polar surface area (TPSA) is 26.3 Å². The van der Waals surface area contributed by atoms with Gasteiger partial charge in [-0.1, -0.05) is 0 Å². The molecule has 0 aliphatic heterocycles. The van der Waals surface area contributed by atoms with Gasteiger partial charge in [0, 0.05) is 0 Å². The fourth-order valence-electron chi connectivity index (χ4n) is 1.000. The lowest BCUT2D eigenvalue weighted by Gasteiger charge is -2.04. The Hall–Kier alpha value is -0.0700. The molecule has 0 saturated carbocycles. The van der Waals surface area contributed by atoms with E-state index in [4.69, 9.17) is 0 Å². The van der Waals surface area contributed by atoms with Gasteiger partial charge < -0.3 is 4.74 Å². The van der Waals surface area contributed by atoms with Gasteiger partial charge in [-0.25, -0.2) is 4.39 Å². The van der Waals surface area contributed by atoms with Crippen LogP contribution in [0.2, 0.25) is 0 Å². The van der Waals surface area contributed by atoms with Gasteiger partial charge in [0.2, 0.25) is 0 Å². The number of carbonyl (C=O) groups is 1. The second-order valence-electron chi connectivity index (χ2n) is 2.70. The van der Waals surface area contributed by atoms with Crippen LogP contribution in [0.15, 0.2) is 21.1 Å². The van der Waals surface area contributed by atoms with Gasteiger partial charge in [-0.15, -0.1) is 12.6 Å². The maximum absolute atomic E-state index is 13.2. The van der Waals surface area contributed by atoms with E-state index >= 15 is 0 Å². The number of carbonyl (C=O) groups excluding carboxylic acids is 1. The molecule has 0 spiro atoms. The quantitative estimate of drug-likeness (QED) is 0.388. The summed E-state index contributed by atoms with van der Waals surface area (Å²) in [5.74, 6) is -0.737. The van der Waals surface area contributed by atoms with Crippen LogP contribution in [0.1, 0.15) is 5.56 Å². The van der Waals surface area contributed by atoms with E-state index in [1.54, 1.807) is 12.1 Å². The van der Waals surface area contributed by atoms with Crippen LogP contribution in [0, 0.1) is 5.82 Å². The lowest BCUT2D eigenvalue weighted by molar-refractivity contribution is -0.140. The Morgan fingerprint density at radius 1 is 1.40 bits per heavy atom. The fraction of sp³-hybridized carbons (Fsp3) is 0.222. The summed E-state index contributed by atoms with van der Waals surface area (Å²) in [7, 11) is 0. The maximum Gasteiger partial charge on any atom is 0.311 e. The smallest absolute Gasteiger partial charge is 0.311 e. The predicted octanol–water partition coefficient (Wildman–Crippen LogP) is 3.32. The molecular weight excluding hydrogens is 351 g/mol. The zero-order valence-electron chi connectivity index (χ0n) is 7.47. The lowest BCUT2D eigenvalue weighted by atomic mass is 10.1. The van der Waals surface area contributed by atoms with E-state index in [1.807, 2.05) is 0 Å². The molecule has 0 atom stereocenters. The Kier molecular flexibility index (Phi) is 5.08. The Bertz CT molecular complexity index is 361. The number of thiol groups is 1.